The fourth-order valence-electron chi connectivity index (χ4n) is 12.3. The molecule has 1 saturated carbocycles. The lowest BCUT2D eigenvalue weighted by molar-refractivity contribution is 0.353. The minimum atomic E-state index is 0.0122. The van der Waals surface area contributed by atoms with Crippen molar-refractivity contribution in [3.63, 3.8) is 0 Å². The van der Waals surface area contributed by atoms with E-state index in [-0.39, 0.29) is 5.41 Å². The van der Waals surface area contributed by atoms with Crippen molar-refractivity contribution in [2.75, 3.05) is 0 Å². The van der Waals surface area contributed by atoms with Gasteiger partial charge in [-0.15, -0.1) is 0 Å². The highest BCUT2D eigenvalue weighted by Crippen LogP contribution is 2.58. The number of hydrogen-bond acceptors (Lipinski definition) is 2. The van der Waals surface area contributed by atoms with E-state index in [0.717, 1.165) is 55.3 Å². The van der Waals surface area contributed by atoms with Gasteiger partial charge in [0.25, 0.3) is 0 Å². The summed E-state index contributed by atoms with van der Waals surface area (Å²) in [7, 11) is 0. The molecule has 0 atom stereocenters. The number of para-hydroxylation sites is 4. The van der Waals surface area contributed by atoms with Gasteiger partial charge in [0.15, 0.2) is 0 Å². The Morgan fingerprint density at radius 2 is 0.859 bits per heavy atom. The summed E-state index contributed by atoms with van der Waals surface area (Å²) in [6, 6.07) is 67.4. The zero-order valence-corrected chi connectivity index (χ0v) is 35.1. The molecule has 4 aromatic heterocycles. The van der Waals surface area contributed by atoms with Crippen LogP contribution < -0.4 is 0 Å². The van der Waals surface area contributed by atoms with Crippen molar-refractivity contribution in [3.8, 4) is 33.6 Å². The minimum absolute atomic E-state index is 0.0122. The van der Waals surface area contributed by atoms with E-state index < -0.39 is 0 Å². The number of hydrogen-bond donors (Lipinski definition) is 0. The molecule has 15 rings (SSSR count). The molecule has 0 saturated heterocycles. The van der Waals surface area contributed by atoms with Crippen LogP contribution in [0.4, 0.5) is 0 Å². The SMILES string of the molecule is c1ccc2c(c1)oc1cc(-n3c4ccccc4c4cc5c(cc43)-c3cc(-c4ccc6c7ccccc7n(-c7ccc8oc9ccccc9c8c7)c6c4)ccc3C53CCCCC3)ccc12. The molecule has 64 heavy (non-hydrogen) atoms. The smallest absolute Gasteiger partial charge is 0.137 e. The number of fused-ring (bicyclic) bond motifs is 17. The van der Waals surface area contributed by atoms with E-state index in [4.69, 9.17) is 8.83 Å². The fourth-order valence-corrected chi connectivity index (χ4v) is 12.3. The molecular formula is C60H40N2O2. The zero-order valence-electron chi connectivity index (χ0n) is 35.1. The van der Waals surface area contributed by atoms with E-state index in [0.29, 0.717) is 0 Å². The van der Waals surface area contributed by atoms with Gasteiger partial charge in [0, 0.05) is 65.9 Å². The lowest BCUT2D eigenvalue weighted by Crippen LogP contribution is -2.28. The Kier molecular flexibility index (Phi) is 6.86. The maximum atomic E-state index is 6.45. The molecule has 1 spiro atoms. The van der Waals surface area contributed by atoms with Gasteiger partial charge in [0.2, 0.25) is 0 Å². The molecule has 0 bridgehead atoms. The normalized spacial score (nSPS) is 14.7. The maximum Gasteiger partial charge on any atom is 0.137 e. The third kappa shape index (κ3) is 4.62. The van der Waals surface area contributed by atoms with Gasteiger partial charge in [0.1, 0.15) is 22.3 Å². The minimum Gasteiger partial charge on any atom is -0.456 e. The van der Waals surface area contributed by atoms with E-state index in [9.17, 15) is 0 Å². The van der Waals surface area contributed by atoms with Crippen LogP contribution in [0.5, 0.6) is 0 Å². The largest absolute Gasteiger partial charge is 0.456 e. The van der Waals surface area contributed by atoms with E-state index in [1.54, 1.807) is 0 Å². The maximum absolute atomic E-state index is 6.45. The standard InChI is InChI=1S/C60H40N2O2/c1-10-28-60(29-11-1)50-26-21-36(37-20-24-42-40-12-2-6-16-52(40)61(54(42)31-37)38-23-27-58-49(32-38)44-15-5-9-19-57(44)63-58)30-46(50)47-35-55-48(34-51(47)60)41-13-3-7-17-53(41)62(55)39-22-25-45-43-14-4-8-18-56(43)64-59(45)33-39/h2-9,12-27,30-35H,1,10-11,28-29H2. The van der Waals surface area contributed by atoms with Crippen molar-refractivity contribution < 1.29 is 8.83 Å². The number of rotatable bonds is 3. The van der Waals surface area contributed by atoms with Gasteiger partial charge in [-0.2, -0.15) is 0 Å². The molecule has 0 amide bonds. The molecule has 1 fully saturated rings. The van der Waals surface area contributed by atoms with Gasteiger partial charge >= 0.3 is 0 Å². The third-order valence-corrected chi connectivity index (χ3v) is 15.1. The molecule has 13 aromatic rings. The molecule has 2 aliphatic rings. The Morgan fingerprint density at radius 1 is 0.328 bits per heavy atom. The highest BCUT2D eigenvalue weighted by atomic mass is 16.3. The van der Waals surface area contributed by atoms with Gasteiger partial charge in [-0.3, -0.25) is 0 Å². The van der Waals surface area contributed by atoms with Crippen LogP contribution in [-0.4, -0.2) is 9.13 Å². The Morgan fingerprint density at radius 3 is 1.64 bits per heavy atom. The van der Waals surface area contributed by atoms with E-state index in [2.05, 4.69) is 179 Å². The van der Waals surface area contributed by atoms with Crippen LogP contribution in [0.15, 0.2) is 191 Å². The first-order valence-corrected chi connectivity index (χ1v) is 22.8. The molecular weight excluding hydrogens is 781 g/mol. The fraction of sp³-hybridized carbons (Fsp3) is 0.100. The summed E-state index contributed by atoms with van der Waals surface area (Å²) < 4.78 is 17.6. The van der Waals surface area contributed by atoms with E-state index in [1.807, 2.05) is 12.1 Å². The Hall–Kier alpha value is -7.82. The molecule has 9 aromatic carbocycles. The molecule has 4 heterocycles. The van der Waals surface area contributed by atoms with Crippen LogP contribution >= 0.6 is 0 Å². The lowest BCUT2D eigenvalue weighted by atomic mass is 9.67. The van der Waals surface area contributed by atoms with Gasteiger partial charge < -0.3 is 18.0 Å². The molecule has 302 valence electrons. The highest BCUT2D eigenvalue weighted by molar-refractivity contribution is 6.14. The van der Waals surface area contributed by atoms with E-state index in [1.165, 1.54) is 109 Å². The first-order valence-electron chi connectivity index (χ1n) is 22.8. The summed E-state index contributed by atoms with van der Waals surface area (Å²) in [6.45, 7) is 0. The average Bonchev–Trinajstić information content (AvgIpc) is 4.14. The Bertz CT molecular complexity index is 4130. The van der Waals surface area contributed by atoms with Crippen LogP contribution in [0.2, 0.25) is 0 Å². The number of nitrogens with zero attached hydrogens (tertiary/aromatic N) is 2. The molecule has 0 aliphatic heterocycles. The lowest BCUT2D eigenvalue weighted by Gasteiger charge is -2.36. The van der Waals surface area contributed by atoms with Crippen LogP contribution in [0.3, 0.4) is 0 Å². The second-order valence-electron chi connectivity index (χ2n) is 18.3. The molecule has 0 radical (unpaired) electrons. The predicted molar refractivity (Wildman–Crippen MR) is 264 cm³/mol. The third-order valence-electron chi connectivity index (χ3n) is 15.1. The molecule has 4 nitrogen and oxygen atoms in total. The quantitative estimate of drug-likeness (QED) is 0.178. The topological polar surface area (TPSA) is 36.1 Å². The molecule has 4 heteroatoms. The second-order valence-corrected chi connectivity index (χ2v) is 18.3. The summed E-state index contributed by atoms with van der Waals surface area (Å²) in [5.74, 6) is 0. The van der Waals surface area contributed by atoms with Gasteiger partial charge in [-0.05, 0) is 125 Å². The summed E-state index contributed by atoms with van der Waals surface area (Å²) in [4.78, 5) is 0. The van der Waals surface area contributed by atoms with Gasteiger partial charge in [-0.25, -0.2) is 0 Å². The molecule has 0 N–H and O–H groups in total. The van der Waals surface area contributed by atoms with Crippen molar-refractivity contribution in [3.05, 3.63) is 193 Å². The average molecular weight is 821 g/mol. The predicted octanol–water partition coefficient (Wildman–Crippen LogP) is 16.6. The van der Waals surface area contributed by atoms with Crippen molar-refractivity contribution in [2.45, 2.75) is 37.5 Å². The summed E-state index contributed by atoms with van der Waals surface area (Å²) in [5, 5.41) is 9.68. The highest BCUT2D eigenvalue weighted by Gasteiger charge is 2.44. The molecule has 0 unspecified atom stereocenters. The summed E-state index contributed by atoms with van der Waals surface area (Å²) >= 11 is 0. The van der Waals surface area contributed by atoms with Crippen LogP contribution in [0.1, 0.15) is 43.2 Å². The van der Waals surface area contributed by atoms with Crippen molar-refractivity contribution in [2.24, 2.45) is 0 Å². The second kappa shape index (κ2) is 12.6. The Labute approximate surface area is 368 Å². The van der Waals surface area contributed by atoms with Gasteiger partial charge in [0.05, 0.1) is 22.1 Å². The van der Waals surface area contributed by atoms with Crippen molar-refractivity contribution >= 4 is 87.5 Å². The van der Waals surface area contributed by atoms with Crippen LogP contribution in [-0.2, 0) is 5.41 Å². The number of furan rings is 2. The number of aromatic nitrogens is 2. The zero-order chi connectivity index (χ0) is 41.7. The summed E-state index contributed by atoms with van der Waals surface area (Å²) in [5.41, 5.74) is 18.9. The van der Waals surface area contributed by atoms with Gasteiger partial charge in [-0.1, -0.05) is 116 Å². The first-order chi connectivity index (χ1) is 31.7. The van der Waals surface area contributed by atoms with E-state index >= 15 is 0 Å². The van der Waals surface area contributed by atoms with Crippen LogP contribution in [0.25, 0.3) is 121 Å². The number of benzene rings is 9. The van der Waals surface area contributed by atoms with Crippen molar-refractivity contribution in [1.82, 2.24) is 9.13 Å². The van der Waals surface area contributed by atoms with Crippen LogP contribution in [0, 0.1) is 0 Å². The van der Waals surface area contributed by atoms with Crippen molar-refractivity contribution in [1.29, 1.82) is 0 Å². The first kappa shape index (κ1) is 34.7. The molecule has 2 aliphatic carbocycles. The monoisotopic (exact) mass is 820 g/mol. The summed E-state index contributed by atoms with van der Waals surface area (Å²) in [6.07, 6.45) is 6.16. The Balaban J connectivity index is 0.937.